The summed E-state index contributed by atoms with van der Waals surface area (Å²) < 4.78 is 2.34. The van der Waals surface area contributed by atoms with Crippen LogP contribution in [0.3, 0.4) is 0 Å². The Morgan fingerprint density at radius 2 is 2.06 bits per heavy atom. The minimum Gasteiger partial charge on any atom is -0.329 e. The van der Waals surface area contributed by atoms with Crippen molar-refractivity contribution in [2.24, 2.45) is 0 Å². The molecule has 1 aromatic rings. The molecular weight excluding hydrogens is 200 g/mol. The second-order valence-corrected chi connectivity index (χ2v) is 4.81. The fourth-order valence-corrected chi connectivity index (χ4v) is 2.39. The standard InChI is InChI=1S/C12H22N4/c1-10(2)16-11(3)8-14-12(16)9-15-6-4-13-5-7-15/h8,10,13H,4-7,9H2,1-3H3. The van der Waals surface area contributed by atoms with Crippen molar-refractivity contribution in [3.05, 3.63) is 17.7 Å². The van der Waals surface area contributed by atoms with Crippen LogP contribution in [0.1, 0.15) is 31.4 Å². The van der Waals surface area contributed by atoms with Gasteiger partial charge in [0.05, 0.1) is 6.54 Å². The molecule has 0 atom stereocenters. The Hall–Kier alpha value is -0.870. The van der Waals surface area contributed by atoms with Gasteiger partial charge in [-0.25, -0.2) is 4.98 Å². The van der Waals surface area contributed by atoms with Gasteiger partial charge in [0.25, 0.3) is 0 Å². The van der Waals surface area contributed by atoms with Gasteiger partial charge in [-0.1, -0.05) is 0 Å². The molecule has 0 unspecified atom stereocenters. The Bertz CT molecular complexity index is 337. The summed E-state index contributed by atoms with van der Waals surface area (Å²) in [7, 11) is 0. The maximum absolute atomic E-state index is 4.53. The van der Waals surface area contributed by atoms with Gasteiger partial charge in [-0.3, -0.25) is 4.90 Å². The van der Waals surface area contributed by atoms with Gasteiger partial charge in [-0.05, 0) is 20.8 Å². The molecule has 4 nitrogen and oxygen atoms in total. The highest BCUT2D eigenvalue weighted by Crippen LogP contribution is 2.14. The van der Waals surface area contributed by atoms with Gasteiger partial charge in [0.1, 0.15) is 5.82 Å². The van der Waals surface area contributed by atoms with E-state index in [1.165, 1.54) is 11.5 Å². The third kappa shape index (κ3) is 2.44. The fraction of sp³-hybridized carbons (Fsp3) is 0.750. The zero-order valence-corrected chi connectivity index (χ0v) is 10.5. The molecule has 16 heavy (non-hydrogen) atoms. The average molecular weight is 222 g/mol. The van der Waals surface area contributed by atoms with Crippen LogP contribution in [-0.2, 0) is 6.54 Å². The Balaban J connectivity index is 2.08. The number of aromatic nitrogens is 2. The summed E-state index contributed by atoms with van der Waals surface area (Å²) in [6.45, 7) is 12.0. The zero-order valence-electron chi connectivity index (χ0n) is 10.5. The maximum Gasteiger partial charge on any atom is 0.123 e. The smallest absolute Gasteiger partial charge is 0.123 e. The lowest BCUT2D eigenvalue weighted by molar-refractivity contribution is 0.223. The van der Waals surface area contributed by atoms with Gasteiger partial charge >= 0.3 is 0 Å². The van der Waals surface area contributed by atoms with Crippen LogP contribution in [-0.4, -0.2) is 40.6 Å². The molecule has 0 aromatic carbocycles. The first-order chi connectivity index (χ1) is 7.68. The van der Waals surface area contributed by atoms with Crippen LogP contribution in [0.5, 0.6) is 0 Å². The SMILES string of the molecule is Cc1cnc(CN2CCNCC2)n1C(C)C. The zero-order chi connectivity index (χ0) is 11.5. The molecule has 1 saturated heterocycles. The normalized spacial score (nSPS) is 18.2. The second-order valence-electron chi connectivity index (χ2n) is 4.81. The topological polar surface area (TPSA) is 33.1 Å². The van der Waals surface area contributed by atoms with E-state index in [4.69, 9.17) is 0 Å². The first-order valence-electron chi connectivity index (χ1n) is 6.14. The van der Waals surface area contributed by atoms with Gasteiger partial charge in [-0.2, -0.15) is 0 Å². The Morgan fingerprint density at radius 1 is 1.38 bits per heavy atom. The molecule has 0 saturated carbocycles. The molecule has 4 heteroatoms. The quantitative estimate of drug-likeness (QED) is 0.833. The number of hydrogen-bond donors (Lipinski definition) is 1. The van der Waals surface area contributed by atoms with Crippen molar-refractivity contribution in [3.8, 4) is 0 Å². The number of nitrogens with zero attached hydrogens (tertiary/aromatic N) is 3. The van der Waals surface area contributed by atoms with Crippen LogP contribution in [0.15, 0.2) is 6.20 Å². The van der Waals surface area contributed by atoms with Crippen molar-refractivity contribution in [2.45, 2.75) is 33.4 Å². The van der Waals surface area contributed by atoms with E-state index in [1.807, 2.05) is 6.20 Å². The van der Waals surface area contributed by atoms with Gasteiger partial charge < -0.3 is 9.88 Å². The van der Waals surface area contributed by atoms with Crippen molar-refractivity contribution in [3.63, 3.8) is 0 Å². The highest BCUT2D eigenvalue weighted by Gasteiger charge is 2.15. The molecule has 1 aliphatic rings. The predicted molar refractivity (Wildman–Crippen MR) is 65.5 cm³/mol. The third-order valence-electron chi connectivity index (χ3n) is 3.15. The highest BCUT2D eigenvalue weighted by molar-refractivity contribution is 5.05. The summed E-state index contributed by atoms with van der Waals surface area (Å²) in [4.78, 5) is 7.00. The minimum atomic E-state index is 0.500. The van der Waals surface area contributed by atoms with Crippen LogP contribution in [0, 0.1) is 6.92 Å². The molecule has 2 rings (SSSR count). The molecule has 0 spiro atoms. The summed E-state index contributed by atoms with van der Waals surface area (Å²) in [6.07, 6.45) is 1.98. The first-order valence-corrected chi connectivity index (χ1v) is 6.14. The van der Waals surface area contributed by atoms with Crippen molar-refractivity contribution in [1.82, 2.24) is 19.8 Å². The molecule has 1 N–H and O–H groups in total. The molecule has 0 amide bonds. The third-order valence-corrected chi connectivity index (χ3v) is 3.15. The Labute approximate surface area is 97.7 Å². The highest BCUT2D eigenvalue weighted by atomic mass is 15.2. The lowest BCUT2D eigenvalue weighted by Crippen LogP contribution is -2.43. The number of piperazine rings is 1. The first kappa shape index (κ1) is 11.6. The molecule has 0 aliphatic carbocycles. The van der Waals surface area contributed by atoms with E-state index in [9.17, 15) is 0 Å². The second kappa shape index (κ2) is 4.97. The largest absolute Gasteiger partial charge is 0.329 e. The van der Waals surface area contributed by atoms with E-state index in [1.54, 1.807) is 0 Å². The fourth-order valence-electron chi connectivity index (χ4n) is 2.39. The lowest BCUT2D eigenvalue weighted by atomic mass is 10.3. The maximum atomic E-state index is 4.53. The number of aryl methyl sites for hydroxylation is 1. The molecule has 90 valence electrons. The summed E-state index contributed by atoms with van der Waals surface area (Å²) in [5.41, 5.74) is 1.26. The molecule has 0 bridgehead atoms. The summed E-state index contributed by atoms with van der Waals surface area (Å²) in [5.74, 6) is 1.20. The number of hydrogen-bond acceptors (Lipinski definition) is 3. The molecular formula is C12H22N4. The van der Waals surface area contributed by atoms with Gasteiger partial charge in [0.2, 0.25) is 0 Å². The van der Waals surface area contributed by atoms with E-state index >= 15 is 0 Å². The predicted octanol–water partition coefficient (Wildman–Crippen LogP) is 1.18. The van der Waals surface area contributed by atoms with Gasteiger partial charge in [0.15, 0.2) is 0 Å². The van der Waals surface area contributed by atoms with Gasteiger partial charge in [-0.15, -0.1) is 0 Å². The van der Waals surface area contributed by atoms with Crippen molar-refractivity contribution >= 4 is 0 Å². The van der Waals surface area contributed by atoms with Crippen molar-refractivity contribution in [2.75, 3.05) is 26.2 Å². The monoisotopic (exact) mass is 222 g/mol. The van der Waals surface area contributed by atoms with E-state index < -0.39 is 0 Å². The lowest BCUT2D eigenvalue weighted by Gasteiger charge is -2.27. The van der Waals surface area contributed by atoms with Crippen LogP contribution in [0.2, 0.25) is 0 Å². The van der Waals surface area contributed by atoms with Crippen molar-refractivity contribution in [1.29, 1.82) is 0 Å². The number of nitrogens with one attached hydrogen (secondary N) is 1. The summed E-state index contributed by atoms with van der Waals surface area (Å²) in [5, 5.41) is 3.37. The minimum absolute atomic E-state index is 0.500. The molecule has 2 heterocycles. The van der Waals surface area contributed by atoms with E-state index in [0.717, 1.165) is 32.7 Å². The van der Waals surface area contributed by atoms with Crippen molar-refractivity contribution < 1.29 is 0 Å². The van der Waals surface area contributed by atoms with E-state index in [-0.39, 0.29) is 0 Å². The van der Waals surface area contributed by atoms with Crippen LogP contribution >= 0.6 is 0 Å². The van der Waals surface area contributed by atoms with Crippen LogP contribution < -0.4 is 5.32 Å². The van der Waals surface area contributed by atoms with Gasteiger partial charge in [0, 0.05) is 44.1 Å². The van der Waals surface area contributed by atoms with Crippen LogP contribution in [0.25, 0.3) is 0 Å². The van der Waals surface area contributed by atoms with Crippen LogP contribution in [0.4, 0.5) is 0 Å². The average Bonchev–Trinajstić information content (AvgIpc) is 2.61. The number of rotatable bonds is 3. The molecule has 1 aromatic heterocycles. The van der Waals surface area contributed by atoms with E-state index in [2.05, 4.69) is 40.5 Å². The molecule has 0 radical (unpaired) electrons. The van der Waals surface area contributed by atoms with E-state index in [0.29, 0.717) is 6.04 Å². The molecule has 1 aliphatic heterocycles. The molecule has 1 fully saturated rings. The summed E-state index contributed by atoms with van der Waals surface area (Å²) >= 11 is 0. The summed E-state index contributed by atoms with van der Waals surface area (Å²) in [6, 6.07) is 0.500. The Morgan fingerprint density at radius 3 is 2.69 bits per heavy atom. The Kier molecular flexibility index (Phi) is 3.61. The number of imidazole rings is 1.